The zero-order chi connectivity index (χ0) is 40.7. The molecular formula is C42H39ClN8O6S. The number of thiophene rings is 1. The number of nitrogens with zero attached hydrogens (tertiary/aromatic N) is 5. The lowest BCUT2D eigenvalue weighted by Gasteiger charge is -2.29. The van der Waals surface area contributed by atoms with Crippen LogP contribution in [0.15, 0.2) is 71.7 Å². The topological polar surface area (TPSA) is 177 Å². The van der Waals surface area contributed by atoms with Crippen molar-refractivity contribution in [1.29, 1.82) is 0 Å². The van der Waals surface area contributed by atoms with E-state index in [4.69, 9.17) is 21.3 Å². The monoisotopic (exact) mass is 818 g/mol. The molecule has 2 atom stereocenters. The molecule has 5 aromatic rings. The standard InChI is InChI=1S/C42H39ClN8O6S/c1-22-23(2)58-42-36(22)37(26-11-13-28(43)14-12-26)46-31(38-49-48-24(3)51(38)42)19-35(53)44-17-18-45-39(54)27-9-7-25(8-10-27)21-57-33-6-4-5-29-30(33)20-50(41(29)56)32-15-16-34(52)47-40(32)55/h4-14,31-32H,15-21H2,1-3H3,(H,44,53)(H,45,54)(H,47,52,55)/t31-,32?/m0/s1. The fraction of sp³-hybridized carbons (Fsp3) is 0.286. The number of rotatable bonds is 11. The number of amides is 5. The van der Waals surface area contributed by atoms with Crippen molar-refractivity contribution in [2.24, 2.45) is 4.99 Å². The minimum absolute atomic E-state index is 0.0276. The summed E-state index contributed by atoms with van der Waals surface area (Å²) in [5.41, 5.74) is 6.13. The van der Waals surface area contributed by atoms with Gasteiger partial charge in [-0.3, -0.25) is 38.8 Å². The summed E-state index contributed by atoms with van der Waals surface area (Å²) in [5.74, 6) is 0.192. The van der Waals surface area contributed by atoms with Crippen LogP contribution in [0.25, 0.3) is 5.00 Å². The zero-order valence-corrected chi connectivity index (χ0v) is 33.5. The third kappa shape index (κ3) is 7.50. The fourth-order valence-corrected chi connectivity index (χ4v) is 8.81. The van der Waals surface area contributed by atoms with Crippen LogP contribution in [-0.4, -0.2) is 74.0 Å². The highest BCUT2D eigenvalue weighted by Crippen LogP contribution is 2.40. The Labute approximate surface area is 342 Å². The number of halogens is 1. The van der Waals surface area contributed by atoms with Gasteiger partial charge in [0.1, 0.15) is 35.3 Å². The number of aromatic nitrogens is 3. The van der Waals surface area contributed by atoms with Crippen molar-refractivity contribution in [2.75, 3.05) is 13.1 Å². The first kappa shape index (κ1) is 38.7. The number of aliphatic imine (C=N–C) groups is 1. The van der Waals surface area contributed by atoms with E-state index in [-0.39, 0.29) is 69.1 Å². The summed E-state index contributed by atoms with van der Waals surface area (Å²) in [6, 6.07) is 18.4. The van der Waals surface area contributed by atoms with E-state index < -0.39 is 18.0 Å². The highest BCUT2D eigenvalue weighted by Gasteiger charge is 2.40. The molecule has 1 unspecified atom stereocenters. The Morgan fingerprint density at radius 1 is 0.966 bits per heavy atom. The Bertz CT molecular complexity index is 2510. The molecule has 1 saturated heterocycles. The van der Waals surface area contributed by atoms with Crippen molar-refractivity contribution in [3.8, 4) is 10.8 Å². The van der Waals surface area contributed by atoms with Crippen LogP contribution in [0.4, 0.5) is 0 Å². The van der Waals surface area contributed by atoms with E-state index in [2.05, 4.69) is 40.0 Å². The van der Waals surface area contributed by atoms with E-state index >= 15 is 0 Å². The SMILES string of the molecule is Cc1sc2c(c1C)C(c1ccc(Cl)cc1)=N[C@@H](CC(=O)NCCNC(=O)c1ccc(COc3cccc4c3CN(C3CCC(=O)NC3=O)C4=O)cc1)c1nnc(C)n1-2. The molecule has 296 valence electrons. The molecule has 14 nitrogen and oxygen atoms in total. The predicted molar refractivity (Wildman–Crippen MR) is 217 cm³/mol. The van der Waals surface area contributed by atoms with E-state index in [1.165, 1.54) is 4.90 Å². The van der Waals surface area contributed by atoms with Gasteiger partial charge in [0.25, 0.3) is 11.8 Å². The summed E-state index contributed by atoms with van der Waals surface area (Å²) in [5, 5.41) is 18.5. The van der Waals surface area contributed by atoms with Crippen molar-refractivity contribution >= 4 is 58.2 Å². The van der Waals surface area contributed by atoms with Gasteiger partial charge < -0.3 is 20.3 Å². The molecule has 0 aliphatic carbocycles. The van der Waals surface area contributed by atoms with Crippen molar-refractivity contribution in [3.63, 3.8) is 0 Å². The predicted octanol–water partition coefficient (Wildman–Crippen LogP) is 5.08. The highest BCUT2D eigenvalue weighted by atomic mass is 35.5. The van der Waals surface area contributed by atoms with Crippen molar-refractivity contribution in [1.82, 2.24) is 35.6 Å². The van der Waals surface area contributed by atoms with Crippen LogP contribution < -0.4 is 20.7 Å². The number of fused-ring (bicyclic) bond motifs is 4. The lowest BCUT2D eigenvalue weighted by molar-refractivity contribution is -0.137. The Morgan fingerprint density at radius 3 is 2.48 bits per heavy atom. The molecule has 5 amide bonds. The molecule has 5 heterocycles. The van der Waals surface area contributed by atoms with E-state index in [1.807, 2.05) is 35.8 Å². The first-order valence-corrected chi connectivity index (χ1v) is 20.1. The summed E-state index contributed by atoms with van der Waals surface area (Å²) < 4.78 is 8.10. The molecule has 58 heavy (non-hydrogen) atoms. The van der Waals surface area contributed by atoms with Gasteiger partial charge in [0.15, 0.2) is 5.82 Å². The lowest BCUT2D eigenvalue weighted by atomic mass is 9.99. The minimum atomic E-state index is -0.714. The molecule has 3 aliphatic heterocycles. The van der Waals surface area contributed by atoms with Crippen molar-refractivity contribution in [2.45, 2.75) is 65.3 Å². The molecule has 8 rings (SSSR count). The van der Waals surface area contributed by atoms with E-state index in [0.717, 1.165) is 37.8 Å². The molecule has 3 aromatic carbocycles. The van der Waals surface area contributed by atoms with Crippen LogP contribution in [0.5, 0.6) is 5.75 Å². The molecule has 0 saturated carbocycles. The number of hydrogen-bond donors (Lipinski definition) is 3. The van der Waals surface area contributed by atoms with Gasteiger partial charge in [0.05, 0.1) is 18.7 Å². The second-order valence-electron chi connectivity index (χ2n) is 14.4. The minimum Gasteiger partial charge on any atom is -0.489 e. The van der Waals surface area contributed by atoms with Crippen LogP contribution in [-0.2, 0) is 27.5 Å². The normalized spacial score (nSPS) is 17.1. The van der Waals surface area contributed by atoms with Crippen molar-refractivity contribution in [3.05, 3.63) is 127 Å². The summed E-state index contributed by atoms with van der Waals surface area (Å²) in [6.45, 7) is 6.84. The zero-order valence-electron chi connectivity index (χ0n) is 31.9. The Hall–Kier alpha value is -6.19. The smallest absolute Gasteiger partial charge is 0.255 e. The summed E-state index contributed by atoms with van der Waals surface area (Å²) in [4.78, 5) is 71.3. The quantitative estimate of drug-likeness (QED) is 0.122. The van der Waals surface area contributed by atoms with Crippen LogP contribution >= 0.6 is 22.9 Å². The van der Waals surface area contributed by atoms with Gasteiger partial charge in [-0.15, -0.1) is 21.5 Å². The van der Waals surface area contributed by atoms with Crippen LogP contribution in [0.1, 0.15) is 90.4 Å². The maximum absolute atomic E-state index is 13.3. The van der Waals surface area contributed by atoms with Gasteiger partial charge in [0.2, 0.25) is 17.7 Å². The largest absolute Gasteiger partial charge is 0.489 e. The third-order valence-corrected chi connectivity index (χ3v) is 12.1. The molecule has 0 bridgehead atoms. The fourth-order valence-electron chi connectivity index (χ4n) is 7.47. The van der Waals surface area contributed by atoms with E-state index in [9.17, 15) is 24.0 Å². The van der Waals surface area contributed by atoms with Crippen LogP contribution in [0.2, 0.25) is 5.02 Å². The maximum atomic E-state index is 13.3. The van der Waals surface area contributed by atoms with Gasteiger partial charge in [-0.2, -0.15) is 0 Å². The summed E-state index contributed by atoms with van der Waals surface area (Å²) in [7, 11) is 0. The molecule has 0 spiro atoms. The van der Waals surface area contributed by atoms with Gasteiger partial charge in [0, 0.05) is 57.2 Å². The Morgan fingerprint density at radius 2 is 1.72 bits per heavy atom. The second-order valence-corrected chi connectivity index (χ2v) is 16.0. The van der Waals surface area contributed by atoms with E-state index in [1.54, 1.807) is 53.8 Å². The third-order valence-electron chi connectivity index (χ3n) is 10.6. The maximum Gasteiger partial charge on any atom is 0.255 e. The highest BCUT2D eigenvalue weighted by molar-refractivity contribution is 7.15. The molecule has 3 N–H and O–H groups in total. The molecular weight excluding hydrogens is 780 g/mol. The van der Waals surface area contributed by atoms with E-state index in [0.29, 0.717) is 39.1 Å². The number of carbonyl (C=O) groups excluding carboxylic acids is 5. The van der Waals surface area contributed by atoms with Crippen LogP contribution in [0.3, 0.4) is 0 Å². The van der Waals surface area contributed by atoms with Gasteiger partial charge in [-0.1, -0.05) is 41.9 Å². The molecule has 3 aliphatic rings. The number of aryl methyl sites for hydroxylation is 2. The van der Waals surface area contributed by atoms with Crippen LogP contribution in [0, 0.1) is 20.8 Å². The molecule has 16 heteroatoms. The molecule has 2 aromatic heterocycles. The number of nitrogens with one attached hydrogen (secondary N) is 3. The average Bonchev–Trinajstić information content (AvgIpc) is 3.83. The molecule has 0 radical (unpaired) electrons. The van der Waals surface area contributed by atoms with Gasteiger partial charge >= 0.3 is 0 Å². The Balaban J connectivity index is 0.854. The van der Waals surface area contributed by atoms with Gasteiger partial charge in [-0.05, 0) is 74.7 Å². The van der Waals surface area contributed by atoms with Gasteiger partial charge in [-0.25, -0.2) is 0 Å². The number of benzene rings is 3. The lowest BCUT2D eigenvalue weighted by Crippen LogP contribution is -2.52. The summed E-state index contributed by atoms with van der Waals surface area (Å²) >= 11 is 7.86. The second kappa shape index (κ2) is 16.0. The number of ether oxygens (including phenoxy) is 1. The summed E-state index contributed by atoms with van der Waals surface area (Å²) in [6.07, 6.45) is 0.484. The van der Waals surface area contributed by atoms with Crippen molar-refractivity contribution < 1.29 is 28.7 Å². The Kier molecular flexibility index (Phi) is 10.7. The molecule has 1 fully saturated rings. The first-order valence-electron chi connectivity index (χ1n) is 18.9. The first-order chi connectivity index (χ1) is 28.0. The number of imide groups is 1. The number of carbonyl (C=O) groups is 5. The average molecular weight is 819 g/mol. The number of hydrogen-bond acceptors (Lipinski definition) is 10. The number of piperidine rings is 1.